The lowest BCUT2D eigenvalue weighted by Gasteiger charge is -2.16. The smallest absolute Gasteiger partial charge is 0.161 e. The fourth-order valence-corrected chi connectivity index (χ4v) is 2.27. The van der Waals surface area contributed by atoms with E-state index < -0.39 is 0 Å². The van der Waals surface area contributed by atoms with Crippen molar-refractivity contribution < 1.29 is 9.47 Å². The van der Waals surface area contributed by atoms with Gasteiger partial charge in [0.15, 0.2) is 11.5 Å². The van der Waals surface area contributed by atoms with Crippen LogP contribution in [0.4, 0.5) is 0 Å². The van der Waals surface area contributed by atoms with Crippen molar-refractivity contribution in [3.63, 3.8) is 0 Å². The number of hydrazine groups is 1. The molecule has 18 heavy (non-hydrogen) atoms. The molecule has 7 heteroatoms. The van der Waals surface area contributed by atoms with Gasteiger partial charge >= 0.3 is 0 Å². The molecule has 0 radical (unpaired) electrons. The second-order valence-corrected chi connectivity index (χ2v) is 4.35. The summed E-state index contributed by atoms with van der Waals surface area (Å²) in [4.78, 5) is 0.935. The summed E-state index contributed by atoms with van der Waals surface area (Å²) in [6.45, 7) is 0. The molecule has 1 aromatic heterocycles. The van der Waals surface area contributed by atoms with Crippen LogP contribution < -0.4 is 20.7 Å². The number of benzene rings is 1. The third-order valence-corrected chi connectivity index (χ3v) is 3.30. The molecule has 0 aliphatic rings. The van der Waals surface area contributed by atoms with E-state index in [-0.39, 0.29) is 6.04 Å². The zero-order valence-electron chi connectivity index (χ0n) is 10.1. The van der Waals surface area contributed by atoms with Crippen molar-refractivity contribution in [2.24, 2.45) is 5.84 Å². The van der Waals surface area contributed by atoms with Crippen LogP contribution in [0, 0.1) is 0 Å². The molecule has 0 fully saturated rings. The summed E-state index contributed by atoms with van der Waals surface area (Å²) < 4.78 is 14.3. The van der Waals surface area contributed by atoms with E-state index in [4.69, 9.17) is 15.3 Å². The minimum Gasteiger partial charge on any atom is -0.493 e. The van der Waals surface area contributed by atoms with Crippen LogP contribution in [0.1, 0.15) is 16.5 Å². The highest BCUT2D eigenvalue weighted by Crippen LogP contribution is 2.32. The van der Waals surface area contributed by atoms with Gasteiger partial charge in [0.25, 0.3) is 0 Å². The zero-order chi connectivity index (χ0) is 13.0. The molecule has 1 aromatic carbocycles. The summed E-state index contributed by atoms with van der Waals surface area (Å²) in [6, 6.07) is 5.48. The van der Waals surface area contributed by atoms with Gasteiger partial charge in [-0.25, -0.2) is 5.43 Å². The van der Waals surface area contributed by atoms with Gasteiger partial charge in [0.05, 0.1) is 31.3 Å². The molecule has 1 unspecified atom stereocenters. The molecule has 0 amide bonds. The van der Waals surface area contributed by atoms with Gasteiger partial charge in [0.2, 0.25) is 0 Å². The van der Waals surface area contributed by atoms with Crippen molar-refractivity contribution in [2.75, 3.05) is 14.2 Å². The van der Waals surface area contributed by atoms with Crippen molar-refractivity contribution in [2.45, 2.75) is 6.04 Å². The minimum atomic E-state index is -0.162. The Morgan fingerprint density at radius 2 is 2.06 bits per heavy atom. The predicted molar refractivity (Wildman–Crippen MR) is 68.6 cm³/mol. The van der Waals surface area contributed by atoms with Gasteiger partial charge in [-0.1, -0.05) is 10.6 Å². The molecule has 1 atom stereocenters. The molecule has 0 aliphatic carbocycles. The van der Waals surface area contributed by atoms with E-state index in [1.807, 2.05) is 18.2 Å². The van der Waals surface area contributed by atoms with Gasteiger partial charge in [-0.2, -0.15) is 0 Å². The van der Waals surface area contributed by atoms with Crippen LogP contribution in [0.15, 0.2) is 24.4 Å². The monoisotopic (exact) mass is 266 g/mol. The van der Waals surface area contributed by atoms with Crippen molar-refractivity contribution in [3.8, 4) is 11.5 Å². The summed E-state index contributed by atoms with van der Waals surface area (Å²) in [5, 5.41) is 3.81. The first kappa shape index (κ1) is 12.7. The first-order valence-electron chi connectivity index (χ1n) is 5.25. The fourth-order valence-electron chi connectivity index (χ4n) is 1.68. The largest absolute Gasteiger partial charge is 0.493 e. The SMILES string of the molecule is COc1ccc(C(NN)c2cnns2)cc1OC. The number of hydrogen-bond acceptors (Lipinski definition) is 7. The highest BCUT2D eigenvalue weighted by Gasteiger charge is 2.17. The van der Waals surface area contributed by atoms with Gasteiger partial charge < -0.3 is 9.47 Å². The number of methoxy groups -OCH3 is 2. The summed E-state index contributed by atoms with van der Waals surface area (Å²) in [5.74, 6) is 6.93. The van der Waals surface area contributed by atoms with Gasteiger partial charge in [0.1, 0.15) is 0 Å². The third-order valence-electron chi connectivity index (χ3n) is 2.57. The number of aromatic nitrogens is 2. The molecule has 6 nitrogen and oxygen atoms in total. The summed E-state index contributed by atoms with van der Waals surface area (Å²) in [5.41, 5.74) is 3.70. The lowest BCUT2D eigenvalue weighted by atomic mass is 10.1. The van der Waals surface area contributed by atoms with Crippen molar-refractivity contribution >= 4 is 11.5 Å². The Kier molecular flexibility index (Phi) is 4.08. The van der Waals surface area contributed by atoms with Crippen molar-refractivity contribution in [1.82, 2.24) is 15.0 Å². The van der Waals surface area contributed by atoms with E-state index in [2.05, 4.69) is 15.0 Å². The second-order valence-electron chi connectivity index (χ2n) is 3.53. The van der Waals surface area contributed by atoms with Gasteiger partial charge in [-0.05, 0) is 29.2 Å². The Balaban J connectivity index is 2.37. The molecule has 0 saturated carbocycles. The molecule has 0 saturated heterocycles. The molecular formula is C11H14N4O2S. The predicted octanol–water partition coefficient (Wildman–Crippen LogP) is 1.11. The molecule has 0 spiro atoms. The lowest BCUT2D eigenvalue weighted by molar-refractivity contribution is 0.354. The molecule has 2 rings (SSSR count). The van der Waals surface area contributed by atoms with E-state index in [0.717, 1.165) is 10.4 Å². The Morgan fingerprint density at radius 1 is 1.28 bits per heavy atom. The first-order valence-corrected chi connectivity index (χ1v) is 6.02. The minimum absolute atomic E-state index is 0.162. The van der Waals surface area contributed by atoms with Crippen LogP contribution in [-0.2, 0) is 0 Å². The van der Waals surface area contributed by atoms with E-state index in [1.165, 1.54) is 11.5 Å². The van der Waals surface area contributed by atoms with Crippen molar-refractivity contribution in [3.05, 3.63) is 34.8 Å². The number of nitrogens with two attached hydrogens (primary N) is 1. The quantitative estimate of drug-likeness (QED) is 0.623. The van der Waals surface area contributed by atoms with Crippen LogP contribution in [0.25, 0.3) is 0 Å². The zero-order valence-corrected chi connectivity index (χ0v) is 10.9. The molecule has 2 aromatic rings. The highest BCUT2D eigenvalue weighted by molar-refractivity contribution is 7.05. The van der Waals surface area contributed by atoms with Crippen LogP contribution in [0.5, 0.6) is 11.5 Å². The number of nitrogens with one attached hydrogen (secondary N) is 1. The molecule has 96 valence electrons. The van der Waals surface area contributed by atoms with E-state index in [1.54, 1.807) is 20.4 Å². The van der Waals surface area contributed by atoms with E-state index in [9.17, 15) is 0 Å². The van der Waals surface area contributed by atoms with Crippen LogP contribution in [0.3, 0.4) is 0 Å². The van der Waals surface area contributed by atoms with E-state index >= 15 is 0 Å². The van der Waals surface area contributed by atoms with Crippen LogP contribution >= 0.6 is 11.5 Å². The number of ether oxygens (including phenoxy) is 2. The average Bonchev–Trinajstić information content (AvgIpc) is 2.93. The number of rotatable bonds is 5. The highest BCUT2D eigenvalue weighted by atomic mass is 32.1. The molecule has 0 aliphatic heterocycles. The average molecular weight is 266 g/mol. The first-order chi connectivity index (χ1) is 8.80. The van der Waals surface area contributed by atoms with Crippen molar-refractivity contribution in [1.29, 1.82) is 0 Å². The Labute approximate surface area is 109 Å². The second kappa shape index (κ2) is 5.76. The fraction of sp³-hybridized carbons (Fsp3) is 0.273. The van der Waals surface area contributed by atoms with Gasteiger partial charge in [0, 0.05) is 0 Å². The molecule has 3 N–H and O–H groups in total. The van der Waals surface area contributed by atoms with E-state index in [0.29, 0.717) is 11.5 Å². The van der Waals surface area contributed by atoms with Gasteiger partial charge in [-0.15, -0.1) is 5.10 Å². The molecule has 0 bridgehead atoms. The Morgan fingerprint density at radius 3 is 2.61 bits per heavy atom. The summed E-state index contributed by atoms with van der Waals surface area (Å²) in [6.07, 6.45) is 1.69. The Hall–Kier alpha value is -1.70. The topological polar surface area (TPSA) is 82.3 Å². The third kappa shape index (κ3) is 2.42. The molecular weight excluding hydrogens is 252 g/mol. The maximum absolute atomic E-state index is 5.59. The number of hydrogen-bond donors (Lipinski definition) is 2. The standard InChI is InChI=1S/C11H14N4O2S/c1-16-8-4-3-7(5-9(8)17-2)11(14-12)10-6-13-15-18-10/h3-6,11,14H,12H2,1-2H3. The van der Waals surface area contributed by atoms with Crippen LogP contribution in [-0.4, -0.2) is 23.8 Å². The lowest BCUT2D eigenvalue weighted by Crippen LogP contribution is -2.28. The summed E-state index contributed by atoms with van der Waals surface area (Å²) >= 11 is 1.30. The van der Waals surface area contributed by atoms with Gasteiger partial charge in [-0.3, -0.25) is 5.84 Å². The number of nitrogens with zero attached hydrogens (tertiary/aromatic N) is 2. The molecule has 1 heterocycles. The Bertz CT molecular complexity index is 504. The maximum atomic E-state index is 5.59. The summed E-state index contributed by atoms with van der Waals surface area (Å²) in [7, 11) is 3.20. The maximum Gasteiger partial charge on any atom is 0.161 e. The normalized spacial score (nSPS) is 12.2. The van der Waals surface area contributed by atoms with Crippen LogP contribution in [0.2, 0.25) is 0 Å².